The van der Waals surface area contributed by atoms with Gasteiger partial charge in [-0.3, -0.25) is 14.3 Å². The van der Waals surface area contributed by atoms with Gasteiger partial charge in [-0.1, -0.05) is 6.07 Å². The zero-order valence-electron chi connectivity index (χ0n) is 15.9. The lowest BCUT2D eigenvalue weighted by Gasteiger charge is -2.18. The van der Waals surface area contributed by atoms with Crippen molar-refractivity contribution in [1.29, 1.82) is 0 Å². The van der Waals surface area contributed by atoms with Crippen LogP contribution in [0.2, 0.25) is 0 Å². The number of rotatable bonds is 7. The van der Waals surface area contributed by atoms with E-state index in [0.717, 1.165) is 17.7 Å². The molecule has 0 bridgehead atoms. The van der Waals surface area contributed by atoms with E-state index in [9.17, 15) is 13.6 Å². The first-order valence-electron chi connectivity index (χ1n) is 8.74. The summed E-state index contributed by atoms with van der Waals surface area (Å²) in [6.07, 6.45) is 3.34. The summed E-state index contributed by atoms with van der Waals surface area (Å²) in [5.41, 5.74) is 0.689. The monoisotopic (exact) mass is 464 g/mol. The molecule has 0 saturated heterocycles. The predicted octanol–water partition coefficient (Wildman–Crippen LogP) is 3.37. The largest absolute Gasteiger partial charge is 0.472 e. The minimum atomic E-state index is -0.723. The molecule has 2 heterocycles. The van der Waals surface area contributed by atoms with Crippen LogP contribution in [0.25, 0.3) is 0 Å². The molecule has 0 unspecified atom stereocenters. The Labute approximate surface area is 174 Å². The quantitative estimate of drug-likeness (QED) is 0.536. The lowest BCUT2D eigenvalue weighted by Crippen LogP contribution is -2.30. The number of hydrogen-bond acceptors (Lipinski definition) is 5. The highest BCUT2D eigenvalue weighted by Gasteiger charge is 2.18. The third kappa shape index (κ3) is 5.24. The van der Waals surface area contributed by atoms with Gasteiger partial charge >= 0.3 is 0 Å². The van der Waals surface area contributed by atoms with E-state index in [1.807, 2.05) is 25.1 Å². The first-order chi connectivity index (χ1) is 13.8. The Balaban J connectivity index is 1.93. The Morgan fingerprint density at radius 1 is 1.24 bits per heavy atom. The van der Waals surface area contributed by atoms with Crippen LogP contribution in [0.3, 0.4) is 0 Å². The smallest absolute Gasteiger partial charge is 0.272 e. The molecule has 0 radical (unpaired) electrons. The van der Waals surface area contributed by atoms with Crippen molar-refractivity contribution in [2.24, 2.45) is 0 Å². The molecule has 0 atom stereocenters. The van der Waals surface area contributed by atoms with Gasteiger partial charge in [-0.05, 0) is 53.8 Å². The van der Waals surface area contributed by atoms with Crippen molar-refractivity contribution >= 4 is 15.9 Å². The summed E-state index contributed by atoms with van der Waals surface area (Å²) in [5.74, 6) is -0.851. The fraction of sp³-hybridized carbons (Fsp3) is 0.250. The van der Waals surface area contributed by atoms with Crippen LogP contribution in [0.1, 0.15) is 17.0 Å². The number of ether oxygens (including phenoxy) is 1. The van der Waals surface area contributed by atoms with E-state index >= 15 is 0 Å². The van der Waals surface area contributed by atoms with E-state index in [1.54, 1.807) is 18.5 Å². The van der Waals surface area contributed by atoms with E-state index in [0.29, 0.717) is 18.9 Å². The lowest BCUT2D eigenvalue weighted by atomic mass is 10.2. The zero-order valence-corrected chi connectivity index (χ0v) is 17.5. The molecule has 0 aliphatic carbocycles. The van der Waals surface area contributed by atoms with Crippen molar-refractivity contribution in [2.45, 2.75) is 19.7 Å². The van der Waals surface area contributed by atoms with E-state index < -0.39 is 11.6 Å². The van der Waals surface area contributed by atoms with Crippen molar-refractivity contribution in [2.75, 3.05) is 14.1 Å². The minimum absolute atomic E-state index is 0.0537. The van der Waals surface area contributed by atoms with Gasteiger partial charge in [-0.15, -0.1) is 0 Å². The molecule has 0 amide bonds. The fourth-order valence-corrected chi connectivity index (χ4v) is 3.09. The molecule has 1 aromatic carbocycles. The Hall–Kier alpha value is -2.65. The van der Waals surface area contributed by atoms with Crippen molar-refractivity contribution in [3.63, 3.8) is 0 Å². The van der Waals surface area contributed by atoms with Gasteiger partial charge in [0.15, 0.2) is 0 Å². The molecule has 2 aromatic heterocycles. The van der Waals surface area contributed by atoms with E-state index in [-0.39, 0.29) is 28.1 Å². The number of hydrogen-bond donors (Lipinski definition) is 0. The average molecular weight is 465 g/mol. The molecule has 0 aliphatic heterocycles. The summed E-state index contributed by atoms with van der Waals surface area (Å²) < 4.78 is 34.2. The first-order valence-corrected chi connectivity index (χ1v) is 9.54. The molecule has 152 valence electrons. The summed E-state index contributed by atoms with van der Waals surface area (Å²) in [7, 11) is 3.72. The maximum atomic E-state index is 13.9. The number of aromatic nitrogens is 3. The summed E-state index contributed by atoms with van der Waals surface area (Å²) in [5, 5.41) is 0. The van der Waals surface area contributed by atoms with Crippen LogP contribution in [-0.2, 0) is 19.7 Å². The second kappa shape index (κ2) is 9.23. The molecule has 0 aliphatic rings. The van der Waals surface area contributed by atoms with Gasteiger partial charge in [0.25, 0.3) is 5.56 Å². The maximum absolute atomic E-state index is 13.9. The standard InChI is InChI=1S/C20H19BrF2N4O2/c1-26(2)11-17-25-19(29-12-14-5-6-15(22)8-16(14)23)18(21)20(28)27(17)10-13-4-3-7-24-9-13/h3-9H,10-12H2,1-2H3. The van der Waals surface area contributed by atoms with Crippen LogP contribution < -0.4 is 10.3 Å². The lowest BCUT2D eigenvalue weighted by molar-refractivity contribution is 0.278. The molecule has 9 heteroatoms. The highest BCUT2D eigenvalue weighted by Crippen LogP contribution is 2.22. The SMILES string of the molecule is CN(C)Cc1nc(OCc2ccc(F)cc2F)c(Br)c(=O)n1Cc1cccnc1. The average Bonchev–Trinajstić information content (AvgIpc) is 2.68. The zero-order chi connectivity index (χ0) is 21.0. The van der Waals surface area contributed by atoms with Crippen LogP contribution >= 0.6 is 15.9 Å². The Kier molecular flexibility index (Phi) is 6.71. The van der Waals surface area contributed by atoms with Crippen LogP contribution in [-0.4, -0.2) is 33.5 Å². The van der Waals surface area contributed by atoms with Crippen molar-refractivity contribution in [3.05, 3.63) is 86.1 Å². The van der Waals surface area contributed by atoms with Crippen molar-refractivity contribution in [3.8, 4) is 5.88 Å². The molecule has 29 heavy (non-hydrogen) atoms. The Morgan fingerprint density at radius 2 is 2.03 bits per heavy atom. The summed E-state index contributed by atoms with van der Waals surface area (Å²) in [4.78, 5) is 23.4. The fourth-order valence-electron chi connectivity index (χ4n) is 2.68. The van der Waals surface area contributed by atoms with Gasteiger partial charge in [0, 0.05) is 24.0 Å². The Morgan fingerprint density at radius 3 is 2.69 bits per heavy atom. The van der Waals surface area contributed by atoms with Crippen molar-refractivity contribution < 1.29 is 13.5 Å². The topological polar surface area (TPSA) is 60.3 Å². The molecule has 3 aromatic rings. The molecule has 3 rings (SSSR count). The van der Waals surface area contributed by atoms with E-state index in [1.165, 1.54) is 10.6 Å². The molecule has 0 saturated carbocycles. The summed E-state index contributed by atoms with van der Waals surface area (Å²) >= 11 is 3.24. The van der Waals surface area contributed by atoms with E-state index in [4.69, 9.17) is 4.74 Å². The first kappa shape index (κ1) is 21.1. The number of pyridine rings is 1. The minimum Gasteiger partial charge on any atom is -0.472 e. The number of nitrogens with zero attached hydrogens (tertiary/aromatic N) is 4. The van der Waals surface area contributed by atoms with Crippen LogP contribution in [0.5, 0.6) is 5.88 Å². The van der Waals surface area contributed by atoms with Gasteiger partial charge in [0.05, 0.1) is 13.1 Å². The maximum Gasteiger partial charge on any atom is 0.272 e. The van der Waals surface area contributed by atoms with Crippen molar-refractivity contribution in [1.82, 2.24) is 19.4 Å². The second-order valence-electron chi connectivity index (χ2n) is 6.66. The van der Waals surface area contributed by atoms with Gasteiger partial charge in [-0.2, -0.15) is 4.98 Å². The normalized spacial score (nSPS) is 11.1. The third-order valence-electron chi connectivity index (χ3n) is 4.06. The van der Waals surface area contributed by atoms with Crippen LogP contribution in [0.15, 0.2) is 52.0 Å². The van der Waals surface area contributed by atoms with Gasteiger partial charge < -0.3 is 9.64 Å². The number of halogens is 3. The van der Waals surface area contributed by atoms with E-state index in [2.05, 4.69) is 25.9 Å². The summed E-state index contributed by atoms with van der Waals surface area (Å²) in [6, 6.07) is 6.89. The van der Waals surface area contributed by atoms with Gasteiger partial charge in [0.1, 0.15) is 28.5 Å². The molecular formula is C20H19BrF2N4O2. The Bertz CT molecular complexity index is 1060. The highest BCUT2D eigenvalue weighted by atomic mass is 79.9. The molecular weight excluding hydrogens is 446 g/mol. The molecule has 0 spiro atoms. The van der Waals surface area contributed by atoms with Gasteiger partial charge in [-0.25, -0.2) is 8.78 Å². The van der Waals surface area contributed by atoms with Crippen LogP contribution in [0.4, 0.5) is 8.78 Å². The molecule has 0 N–H and O–H groups in total. The second-order valence-corrected chi connectivity index (χ2v) is 7.45. The predicted molar refractivity (Wildman–Crippen MR) is 108 cm³/mol. The van der Waals surface area contributed by atoms with Gasteiger partial charge in [0.2, 0.25) is 5.88 Å². The highest BCUT2D eigenvalue weighted by molar-refractivity contribution is 9.10. The molecule has 0 fully saturated rings. The number of benzene rings is 1. The molecule has 6 nitrogen and oxygen atoms in total. The van der Waals surface area contributed by atoms with Crippen LogP contribution in [0, 0.1) is 11.6 Å². The third-order valence-corrected chi connectivity index (χ3v) is 4.74. The summed E-state index contributed by atoms with van der Waals surface area (Å²) in [6.45, 7) is 0.504.